The van der Waals surface area contributed by atoms with Gasteiger partial charge in [-0.1, -0.05) is 35.6 Å². The molecule has 1 fully saturated rings. The highest BCUT2D eigenvalue weighted by atomic mass is 79.9. The normalized spacial score (nSPS) is 16.9. The molecular weight excluding hydrogens is 402 g/mol. The molecule has 0 unspecified atom stereocenters. The number of hydrogen-bond acceptors (Lipinski definition) is 5. The summed E-state index contributed by atoms with van der Waals surface area (Å²) < 4.78 is 0.552. The van der Waals surface area contributed by atoms with Gasteiger partial charge in [0.2, 0.25) is 0 Å². The van der Waals surface area contributed by atoms with E-state index in [4.69, 9.17) is 28.9 Å². The van der Waals surface area contributed by atoms with Gasteiger partial charge in [-0.2, -0.15) is 0 Å². The Bertz CT molecular complexity index is 692. The minimum absolute atomic E-state index is 0.0668. The molecular formula is C12H7BrClNO4S2. The first kappa shape index (κ1) is 16.3. The molecule has 21 heavy (non-hydrogen) atoms. The Morgan fingerprint density at radius 2 is 2.19 bits per heavy atom. The predicted octanol–water partition coefficient (Wildman–Crippen LogP) is 3.09. The molecule has 1 aromatic rings. The van der Waals surface area contributed by atoms with Gasteiger partial charge in [-0.3, -0.25) is 14.5 Å². The molecule has 110 valence electrons. The number of aliphatic carboxylic acids is 1. The molecule has 9 heteroatoms. The van der Waals surface area contributed by atoms with E-state index in [1.54, 1.807) is 0 Å². The van der Waals surface area contributed by atoms with Crippen LogP contribution in [0.5, 0.6) is 5.75 Å². The summed E-state index contributed by atoms with van der Waals surface area (Å²) >= 11 is 15.0. The van der Waals surface area contributed by atoms with Crippen LogP contribution in [-0.4, -0.2) is 37.9 Å². The molecule has 0 atom stereocenters. The zero-order valence-corrected chi connectivity index (χ0v) is 14.1. The first-order valence-electron chi connectivity index (χ1n) is 5.44. The fraction of sp³-hybridized carbons (Fsp3) is 0.0833. The quantitative estimate of drug-likeness (QED) is 0.591. The van der Waals surface area contributed by atoms with E-state index in [1.165, 1.54) is 18.2 Å². The largest absolute Gasteiger partial charge is 0.506 e. The van der Waals surface area contributed by atoms with E-state index < -0.39 is 18.4 Å². The number of thiocarbonyl (C=S) groups is 1. The Kier molecular flexibility index (Phi) is 4.92. The Balaban J connectivity index is 2.37. The van der Waals surface area contributed by atoms with Gasteiger partial charge in [0.1, 0.15) is 16.6 Å². The minimum atomic E-state index is -1.15. The number of nitrogens with zero attached hydrogens (tertiary/aromatic N) is 1. The van der Waals surface area contributed by atoms with Gasteiger partial charge in [0.15, 0.2) is 0 Å². The maximum atomic E-state index is 12.1. The van der Waals surface area contributed by atoms with E-state index in [9.17, 15) is 14.7 Å². The number of aromatic hydroxyl groups is 1. The maximum absolute atomic E-state index is 12.1. The van der Waals surface area contributed by atoms with Crippen molar-refractivity contribution in [3.63, 3.8) is 0 Å². The summed E-state index contributed by atoms with van der Waals surface area (Å²) in [6.07, 6.45) is 1.42. The fourth-order valence-electron chi connectivity index (χ4n) is 1.61. The lowest BCUT2D eigenvalue weighted by atomic mass is 10.2. The van der Waals surface area contributed by atoms with Gasteiger partial charge in [0.25, 0.3) is 5.91 Å². The number of halogens is 2. The topological polar surface area (TPSA) is 77.8 Å². The smallest absolute Gasteiger partial charge is 0.323 e. The second-order valence-corrected chi connectivity index (χ2v) is 6.95. The van der Waals surface area contributed by atoms with Crippen molar-refractivity contribution in [1.82, 2.24) is 4.90 Å². The summed E-state index contributed by atoms with van der Waals surface area (Å²) in [6, 6.07) is 3.01. The van der Waals surface area contributed by atoms with Crippen molar-refractivity contribution in [3.05, 3.63) is 32.1 Å². The van der Waals surface area contributed by atoms with Crippen molar-refractivity contribution in [1.29, 1.82) is 0 Å². The number of hydrogen-bond donors (Lipinski definition) is 2. The molecule has 5 nitrogen and oxygen atoms in total. The summed E-state index contributed by atoms with van der Waals surface area (Å²) in [4.78, 5) is 24.0. The molecule has 0 spiro atoms. The van der Waals surface area contributed by atoms with Crippen LogP contribution in [-0.2, 0) is 9.59 Å². The number of amides is 1. The second-order valence-electron chi connectivity index (χ2n) is 3.99. The van der Waals surface area contributed by atoms with Crippen molar-refractivity contribution in [2.75, 3.05) is 6.54 Å². The summed E-state index contributed by atoms with van der Waals surface area (Å²) in [7, 11) is 0. The van der Waals surface area contributed by atoms with Crippen LogP contribution in [0.3, 0.4) is 0 Å². The number of rotatable bonds is 3. The highest BCUT2D eigenvalue weighted by Crippen LogP contribution is 2.37. The zero-order chi connectivity index (χ0) is 15.7. The summed E-state index contributed by atoms with van der Waals surface area (Å²) in [5.41, 5.74) is 0.338. The Hall–Kier alpha value is -1.09. The van der Waals surface area contributed by atoms with Crippen LogP contribution < -0.4 is 0 Å². The number of phenolic OH excluding ortho intramolecular Hbond substituents is 1. The van der Waals surface area contributed by atoms with Crippen molar-refractivity contribution >= 4 is 73.8 Å². The van der Waals surface area contributed by atoms with Crippen LogP contribution in [0.2, 0.25) is 5.02 Å². The third kappa shape index (κ3) is 3.57. The number of carboxylic acid groups (broad SMARTS) is 1. The highest BCUT2D eigenvalue weighted by Gasteiger charge is 2.33. The van der Waals surface area contributed by atoms with Crippen LogP contribution in [0.4, 0.5) is 0 Å². The third-order valence-corrected chi connectivity index (χ3v) is 4.71. The van der Waals surface area contributed by atoms with Gasteiger partial charge < -0.3 is 10.2 Å². The van der Waals surface area contributed by atoms with Gasteiger partial charge in [-0.15, -0.1) is 0 Å². The Morgan fingerprint density at radius 3 is 2.81 bits per heavy atom. The van der Waals surface area contributed by atoms with Crippen LogP contribution in [0.1, 0.15) is 5.56 Å². The molecule has 1 saturated heterocycles. The molecule has 0 radical (unpaired) electrons. The average molecular weight is 409 g/mol. The minimum Gasteiger partial charge on any atom is -0.506 e. The van der Waals surface area contributed by atoms with Gasteiger partial charge in [0, 0.05) is 10.6 Å². The van der Waals surface area contributed by atoms with E-state index in [0.717, 1.165) is 16.7 Å². The Morgan fingerprint density at radius 1 is 1.52 bits per heavy atom. The van der Waals surface area contributed by atoms with Crippen LogP contribution >= 0.6 is 51.5 Å². The monoisotopic (exact) mass is 407 g/mol. The fourth-order valence-corrected chi connectivity index (χ4v) is 3.69. The van der Waals surface area contributed by atoms with Crippen LogP contribution in [0, 0.1) is 0 Å². The summed E-state index contributed by atoms with van der Waals surface area (Å²) in [5.74, 6) is -1.73. The molecule has 2 rings (SSSR count). The van der Waals surface area contributed by atoms with Gasteiger partial charge in [0.05, 0.1) is 9.38 Å². The predicted molar refractivity (Wildman–Crippen MR) is 88.3 cm³/mol. The lowest BCUT2D eigenvalue weighted by Gasteiger charge is -2.10. The second kappa shape index (κ2) is 6.35. The molecule has 1 amide bonds. The lowest BCUT2D eigenvalue weighted by molar-refractivity contribution is -0.140. The van der Waals surface area contributed by atoms with E-state index >= 15 is 0 Å². The summed E-state index contributed by atoms with van der Waals surface area (Å²) in [5, 5.41) is 19.1. The van der Waals surface area contributed by atoms with E-state index in [-0.39, 0.29) is 15.0 Å². The highest BCUT2D eigenvalue weighted by molar-refractivity contribution is 9.10. The number of benzene rings is 1. The molecule has 0 aromatic heterocycles. The van der Waals surface area contributed by atoms with Crippen molar-refractivity contribution in [3.8, 4) is 5.75 Å². The Labute approximate surface area is 142 Å². The maximum Gasteiger partial charge on any atom is 0.323 e. The molecule has 1 aliphatic heterocycles. The SMILES string of the molecule is O=C(O)CN1C(=O)/C(=C/c2cc(Cl)cc(Br)c2O)SC1=S. The third-order valence-electron chi connectivity index (χ3n) is 2.51. The van der Waals surface area contributed by atoms with Crippen molar-refractivity contribution < 1.29 is 19.8 Å². The molecule has 1 aliphatic rings. The number of thioether (sulfide) groups is 1. The molecule has 1 heterocycles. The number of carbonyl (C=O) groups excluding carboxylic acids is 1. The van der Waals surface area contributed by atoms with Crippen LogP contribution in [0.25, 0.3) is 6.08 Å². The molecule has 0 bridgehead atoms. The number of carboxylic acids is 1. The molecule has 2 N–H and O–H groups in total. The van der Waals surface area contributed by atoms with E-state index in [0.29, 0.717) is 15.1 Å². The van der Waals surface area contributed by atoms with Crippen LogP contribution in [0.15, 0.2) is 21.5 Å². The summed E-state index contributed by atoms with van der Waals surface area (Å²) in [6.45, 7) is -0.493. The van der Waals surface area contributed by atoms with Gasteiger partial charge >= 0.3 is 5.97 Å². The van der Waals surface area contributed by atoms with E-state index in [1.807, 2.05) is 0 Å². The molecule has 1 aromatic carbocycles. The van der Waals surface area contributed by atoms with Gasteiger partial charge in [-0.25, -0.2) is 0 Å². The van der Waals surface area contributed by atoms with E-state index in [2.05, 4.69) is 15.9 Å². The first-order valence-corrected chi connectivity index (χ1v) is 7.84. The average Bonchev–Trinajstić information content (AvgIpc) is 2.63. The van der Waals surface area contributed by atoms with Crippen molar-refractivity contribution in [2.45, 2.75) is 0 Å². The molecule has 0 aliphatic carbocycles. The molecule has 0 saturated carbocycles. The number of phenols is 1. The van der Waals surface area contributed by atoms with Gasteiger partial charge in [-0.05, 0) is 34.1 Å². The lowest BCUT2D eigenvalue weighted by Crippen LogP contribution is -2.33. The number of carbonyl (C=O) groups is 2. The first-order chi connectivity index (χ1) is 9.79. The van der Waals surface area contributed by atoms with Crippen molar-refractivity contribution in [2.24, 2.45) is 0 Å². The zero-order valence-electron chi connectivity index (χ0n) is 10.2. The standard InChI is InChI=1S/C12H7BrClNO4S2/c13-7-3-6(14)1-5(10(7)18)2-8-11(19)15(4-9(16)17)12(20)21-8/h1-3,18H,4H2,(H,16,17)/b8-2-.